The molecule has 12 rings (SSSR count). The zero-order valence-electron chi connectivity index (χ0n) is 34.9. The normalized spacial score (nSPS) is 15.3. The van der Waals surface area contributed by atoms with Crippen molar-refractivity contribution in [3.05, 3.63) is 265 Å². The third kappa shape index (κ3) is 6.02. The summed E-state index contributed by atoms with van der Waals surface area (Å²) in [6.45, 7) is 0. The van der Waals surface area contributed by atoms with Crippen LogP contribution >= 0.6 is 0 Å². The fourth-order valence-electron chi connectivity index (χ4n) is 10.5. The second kappa shape index (κ2) is 15.2. The van der Waals surface area contributed by atoms with Crippen LogP contribution in [0.2, 0.25) is 0 Å². The molecule has 0 bridgehead atoms. The molecule has 1 atom stereocenters. The van der Waals surface area contributed by atoms with Crippen LogP contribution in [0.5, 0.6) is 0 Å². The fourth-order valence-corrected chi connectivity index (χ4v) is 10.5. The number of hydrogen-bond donors (Lipinski definition) is 0. The molecule has 10 aromatic rings. The van der Waals surface area contributed by atoms with Gasteiger partial charge in [-0.05, 0) is 130 Å². The van der Waals surface area contributed by atoms with Gasteiger partial charge in [-0.15, -0.1) is 0 Å². The molecule has 1 aromatic heterocycles. The minimum absolute atomic E-state index is 0.366. The molecule has 2 heteroatoms. The van der Waals surface area contributed by atoms with Crippen molar-refractivity contribution in [1.82, 2.24) is 4.57 Å². The van der Waals surface area contributed by atoms with Gasteiger partial charge in [0, 0.05) is 33.5 Å². The van der Waals surface area contributed by atoms with E-state index in [9.17, 15) is 0 Å². The van der Waals surface area contributed by atoms with Gasteiger partial charge in [0.05, 0.1) is 16.4 Å². The Bertz CT molecular complexity index is 3360. The zero-order valence-corrected chi connectivity index (χ0v) is 34.9. The molecule has 1 heterocycles. The summed E-state index contributed by atoms with van der Waals surface area (Å²) in [4.78, 5) is 2.42. The predicted molar refractivity (Wildman–Crippen MR) is 265 cm³/mol. The number of rotatable bonds is 8. The maximum atomic E-state index is 2.44. The molecule has 9 aromatic carbocycles. The highest BCUT2D eigenvalue weighted by atomic mass is 15.1. The number of allylic oxidation sites excluding steroid dienone is 4. The number of benzene rings is 9. The van der Waals surface area contributed by atoms with E-state index in [1.54, 1.807) is 0 Å². The summed E-state index contributed by atoms with van der Waals surface area (Å²) in [5, 5.41) is 2.51. The van der Waals surface area contributed by atoms with Crippen molar-refractivity contribution in [3.8, 4) is 39.1 Å². The first-order valence-corrected chi connectivity index (χ1v) is 22.1. The standard InChI is InChI=1S/C61H44N2/c1-5-17-43(18-6-1)44-29-34-50(35-30-44)62(51-36-31-45(32-37-51)46-33-40-60-56(41-46)54-26-14-16-28-59(54)63(60)49-23-11-4-12-24-49)52-38-39-58-55(42-52)53-25-13-15-27-57(53)61(58,47-19-7-2-8-20-47)48-21-9-3-10-22-48/h1-9,11-21,23-42H,10,22H2. The lowest BCUT2D eigenvalue weighted by Crippen LogP contribution is -2.30. The third-order valence-corrected chi connectivity index (χ3v) is 13.4. The van der Waals surface area contributed by atoms with Gasteiger partial charge in [-0.3, -0.25) is 0 Å². The zero-order chi connectivity index (χ0) is 41.7. The molecule has 1 unspecified atom stereocenters. The summed E-state index contributed by atoms with van der Waals surface area (Å²) < 4.78 is 2.38. The van der Waals surface area contributed by atoms with E-state index in [2.05, 4.69) is 252 Å². The van der Waals surface area contributed by atoms with E-state index in [1.807, 2.05) is 0 Å². The molecule has 2 aliphatic carbocycles. The molecule has 0 saturated heterocycles. The maximum Gasteiger partial charge on any atom is 0.0676 e. The second-order valence-electron chi connectivity index (χ2n) is 16.8. The van der Waals surface area contributed by atoms with Gasteiger partial charge in [0.15, 0.2) is 0 Å². The number of aromatic nitrogens is 1. The summed E-state index contributed by atoms with van der Waals surface area (Å²) in [5.74, 6) is 0. The van der Waals surface area contributed by atoms with E-state index >= 15 is 0 Å². The molecule has 2 aliphatic rings. The Morgan fingerprint density at radius 3 is 1.71 bits per heavy atom. The third-order valence-electron chi connectivity index (χ3n) is 13.4. The van der Waals surface area contributed by atoms with E-state index in [0.717, 1.165) is 29.9 Å². The molecule has 0 aliphatic heterocycles. The fraction of sp³-hybridized carbons (Fsp3) is 0.0492. The van der Waals surface area contributed by atoms with E-state index in [-0.39, 0.29) is 5.41 Å². The number of anilines is 3. The van der Waals surface area contributed by atoms with Gasteiger partial charge in [0.25, 0.3) is 0 Å². The minimum Gasteiger partial charge on any atom is -0.310 e. The highest BCUT2D eigenvalue weighted by Crippen LogP contribution is 2.58. The van der Waals surface area contributed by atoms with Gasteiger partial charge in [-0.25, -0.2) is 0 Å². The Kier molecular flexibility index (Phi) is 8.90. The molecule has 0 radical (unpaired) electrons. The van der Waals surface area contributed by atoms with Gasteiger partial charge in [-0.2, -0.15) is 0 Å². The minimum atomic E-state index is -0.366. The molecule has 2 nitrogen and oxygen atoms in total. The van der Waals surface area contributed by atoms with Crippen molar-refractivity contribution in [2.75, 3.05) is 4.90 Å². The van der Waals surface area contributed by atoms with Crippen LogP contribution < -0.4 is 4.90 Å². The van der Waals surface area contributed by atoms with E-state index < -0.39 is 0 Å². The highest BCUT2D eigenvalue weighted by Gasteiger charge is 2.47. The topological polar surface area (TPSA) is 8.17 Å². The smallest absolute Gasteiger partial charge is 0.0676 e. The summed E-state index contributed by atoms with van der Waals surface area (Å²) in [6, 6.07) is 82.6. The SMILES string of the molecule is C1=CCCC(C2(c3ccccc3)c3ccccc3-c3cc(N(c4ccc(-c5ccccc5)cc4)c4ccc(-c5ccc6c(c5)c5ccccc5n6-c5ccccc5)cc4)ccc32)=C1. The Balaban J connectivity index is 0.995. The van der Waals surface area contributed by atoms with Crippen LogP contribution in [0.4, 0.5) is 17.1 Å². The Morgan fingerprint density at radius 2 is 0.984 bits per heavy atom. The lowest BCUT2D eigenvalue weighted by Gasteiger charge is -2.37. The van der Waals surface area contributed by atoms with Crippen molar-refractivity contribution in [1.29, 1.82) is 0 Å². The van der Waals surface area contributed by atoms with Crippen molar-refractivity contribution >= 4 is 38.9 Å². The molecule has 0 spiro atoms. The van der Waals surface area contributed by atoms with Crippen LogP contribution in [0.3, 0.4) is 0 Å². The van der Waals surface area contributed by atoms with E-state index in [1.165, 1.54) is 83.1 Å². The summed E-state index contributed by atoms with van der Waals surface area (Å²) in [5.41, 5.74) is 19.4. The average Bonchev–Trinajstić information content (AvgIpc) is 3.86. The summed E-state index contributed by atoms with van der Waals surface area (Å²) in [7, 11) is 0. The maximum absolute atomic E-state index is 2.44. The lowest BCUT2D eigenvalue weighted by atomic mass is 9.65. The molecule has 0 fully saturated rings. The predicted octanol–water partition coefficient (Wildman–Crippen LogP) is 16.2. The number of para-hydroxylation sites is 2. The van der Waals surface area contributed by atoms with Crippen molar-refractivity contribution in [2.24, 2.45) is 0 Å². The second-order valence-corrected chi connectivity index (χ2v) is 16.8. The Hall–Kier alpha value is -7.94. The lowest BCUT2D eigenvalue weighted by molar-refractivity contribution is 0.693. The van der Waals surface area contributed by atoms with Crippen molar-refractivity contribution in [3.63, 3.8) is 0 Å². The molecule has 63 heavy (non-hydrogen) atoms. The van der Waals surface area contributed by atoms with Crippen LogP contribution in [-0.2, 0) is 5.41 Å². The largest absolute Gasteiger partial charge is 0.310 e. The van der Waals surface area contributed by atoms with Gasteiger partial charge < -0.3 is 9.47 Å². The average molecular weight is 805 g/mol. The highest BCUT2D eigenvalue weighted by molar-refractivity contribution is 6.10. The molecular weight excluding hydrogens is 761 g/mol. The number of nitrogens with zero attached hydrogens (tertiary/aromatic N) is 2. The quantitative estimate of drug-likeness (QED) is 0.149. The van der Waals surface area contributed by atoms with Gasteiger partial charge in [0.1, 0.15) is 0 Å². The van der Waals surface area contributed by atoms with Crippen LogP contribution in [-0.4, -0.2) is 4.57 Å². The van der Waals surface area contributed by atoms with Crippen LogP contribution in [0.1, 0.15) is 29.5 Å². The van der Waals surface area contributed by atoms with Crippen LogP contribution in [0.15, 0.2) is 248 Å². The van der Waals surface area contributed by atoms with Crippen LogP contribution in [0.25, 0.3) is 60.9 Å². The van der Waals surface area contributed by atoms with Gasteiger partial charge in [-0.1, -0.05) is 182 Å². The molecule has 298 valence electrons. The first kappa shape index (κ1) is 36.9. The number of fused-ring (bicyclic) bond motifs is 6. The summed E-state index contributed by atoms with van der Waals surface area (Å²) >= 11 is 0. The molecular formula is C61H44N2. The first-order valence-electron chi connectivity index (χ1n) is 22.1. The van der Waals surface area contributed by atoms with Gasteiger partial charge >= 0.3 is 0 Å². The first-order chi connectivity index (χ1) is 31.3. The Morgan fingerprint density at radius 1 is 0.413 bits per heavy atom. The molecule has 0 N–H and O–H groups in total. The molecule has 0 amide bonds. The van der Waals surface area contributed by atoms with E-state index in [4.69, 9.17) is 0 Å². The molecule has 0 saturated carbocycles. The van der Waals surface area contributed by atoms with Crippen LogP contribution in [0, 0.1) is 0 Å². The van der Waals surface area contributed by atoms with Gasteiger partial charge in [0.2, 0.25) is 0 Å². The summed E-state index contributed by atoms with van der Waals surface area (Å²) in [6.07, 6.45) is 8.99. The number of hydrogen-bond acceptors (Lipinski definition) is 1. The van der Waals surface area contributed by atoms with Crippen molar-refractivity contribution in [2.45, 2.75) is 18.3 Å². The monoisotopic (exact) mass is 804 g/mol. The van der Waals surface area contributed by atoms with E-state index in [0.29, 0.717) is 0 Å². The Labute approximate surface area is 369 Å². The van der Waals surface area contributed by atoms with Crippen molar-refractivity contribution < 1.29 is 0 Å².